The smallest absolute Gasteiger partial charge is 0.243 e. The van der Waals surface area contributed by atoms with E-state index in [1.165, 1.54) is 4.31 Å². The number of nitrogens with zero attached hydrogens (tertiary/aromatic N) is 1. The first-order chi connectivity index (χ1) is 9.52. The molecule has 1 atom stereocenters. The molecule has 0 spiro atoms. The fourth-order valence-electron chi connectivity index (χ4n) is 2.51. The zero-order valence-electron chi connectivity index (χ0n) is 11.9. The predicted molar refractivity (Wildman–Crippen MR) is 75.9 cm³/mol. The van der Waals surface area contributed by atoms with Crippen molar-refractivity contribution in [1.29, 1.82) is 0 Å². The van der Waals surface area contributed by atoms with Gasteiger partial charge in [0.05, 0.1) is 17.6 Å². The molecular formula is C14H21NO4S. The summed E-state index contributed by atoms with van der Waals surface area (Å²) >= 11 is 0. The van der Waals surface area contributed by atoms with Crippen LogP contribution in [0.5, 0.6) is 0 Å². The molecule has 6 heteroatoms. The molecule has 1 N–H and O–H groups in total. The Kier molecular flexibility index (Phi) is 4.80. The Labute approximate surface area is 120 Å². The summed E-state index contributed by atoms with van der Waals surface area (Å²) < 4.78 is 31.8. The van der Waals surface area contributed by atoms with Crippen molar-refractivity contribution in [2.75, 3.05) is 20.2 Å². The number of aryl methyl sites for hydroxylation is 1. The summed E-state index contributed by atoms with van der Waals surface area (Å²) in [7, 11) is -1.90. The van der Waals surface area contributed by atoms with E-state index in [9.17, 15) is 13.5 Å². The summed E-state index contributed by atoms with van der Waals surface area (Å²) in [5, 5.41) is 9.36. The number of aliphatic hydroxyl groups is 1. The van der Waals surface area contributed by atoms with Crippen LogP contribution in [0.4, 0.5) is 0 Å². The number of ether oxygens (including phenoxy) is 1. The molecule has 1 unspecified atom stereocenters. The van der Waals surface area contributed by atoms with E-state index in [0.717, 1.165) is 18.4 Å². The summed E-state index contributed by atoms with van der Waals surface area (Å²) in [4.78, 5) is 0.246. The largest absolute Gasteiger partial charge is 0.392 e. The quantitative estimate of drug-likeness (QED) is 0.886. The molecule has 0 aromatic heterocycles. The molecule has 1 aromatic carbocycles. The minimum Gasteiger partial charge on any atom is -0.392 e. The van der Waals surface area contributed by atoms with Crippen LogP contribution < -0.4 is 0 Å². The lowest BCUT2D eigenvalue weighted by atomic mass is 10.1. The summed E-state index contributed by atoms with van der Waals surface area (Å²) in [6.45, 7) is 2.70. The maximum atomic E-state index is 12.6. The Hall–Kier alpha value is -0.950. The molecule has 5 nitrogen and oxygen atoms in total. The van der Waals surface area contributed by atoms with Gasteiger partial charge in [-0.05, 0) is 36.1 Å². The van der Waals surface area contributed by atoms with Crippen molar-refractivity contribution >= 4 is 10.0 Å². The first-order valence-electron chi connectivity index (χ1n) is 6.78. The molecule has 1 aliphatic rings. The molecule has 1 saturated heterocycles. The standard InChI is InChI=1S/C14H21NO4S/c1-3-11-4-5-14(8-12(11)10-16)20(17,18)15-7-6-13(9-15)19-2/h4-5,8,13,16H,3,6-7,9-10H2,1-2H3. The van der Waals surface area contributed by atoms with Crippen LogP contribution in [-0.4, -0.2) is 44.1 Å². The van der Waals surface area contributed by atoms with Gasteiger partial charge in [-0.15, -0.1) is 0 Å². The van der Waals surface area contributed by atoms with Crippen molar-refractivity contribution in [3.8, 4) is 0 Å². The fraction of sp³-hybridized carbons (Fsp3) is 0.571. The van der Waals surface area contributed by atoms with Gasteiger partial charge in [-0.25, -0.2) is 8.42 Å². The number of hydrogen-bond acceptors (Lipinski definition) is 4. The van der Waals surface area contributed by atoms with Crippen molar-refractivity contribution in [3.05, 3.63) is 29.3 Å². The molecule has 0 aliphatic carbocycles. The normalized spacial score (nSPS) is 20.4. The maximum absolute atomic E-state index is 12.6. The second-order valence-electron chi connectivity index (χ2n) is 4.95. The Morgan fingerprint density at radius 1 is 1.40 bits per heavy atom. The SMILES string of the molecule is CCc1ccc(S(=O)(=O)N2CCC(OC)C2)cc1CO. The third kappa shape index (κ3) is 2.88. The van der Waals surface area contributed by atoms with E-state index in [1.807, 2.05) is 6.92 Å². The van der Waals surface area contributed by atoms with Crippen molar-refractivity contribution < 1.29 is 18.3 Å². The number of sulfonamides is 1. The molecule has 0 amide bonds. The van der Waals surface area contributed by atoms with Crippen molar-refractivity contribution in [2.24, 2.45) is 0 Å². The molecule has 1 aromatic rings. The van der Waals surface area contributed by atoms with E-state index in [-0.39, 0.29) is 17.6 Å². The lowest BCUT2D eigenvalue weighted by Gasteiger charge is -2.17. The van der Waals surface area contributed by atoms with Crippen molar-refractivity contribution in [1.82, 2.24) is 4.31 Å². The Morgan fingerprint density at radius 3 is 2.70 bits per heavy atom. The van der Waals surface area contributed by atoms with Gasteiger partial charge in [-0.3, -0.25) is 0 Å². The zero-order chi connectivity index (χ0) is 14.8. The molecule has 0 bridgehead atoms. The highest BCUT2D eigenvalue weighted by atomic mass is 32.2. The average molecular weight is 299 g/mol. The number of aliphatic hydroxyl groups excluding tert-OH is 1. The highest BCUT2D eigenvalue weighted by molar-refractivity contribution is 7.89. The molecule has 20 heavy (non-hydrogen) atoms. The Balaban J connectivity index is 2.30. The minimum atomic E-state index is -3.50. The fourth-order valence-corrected chi connectivity index (χ4v) is 4.05. The minimum absolute atomic E-state index is 0.0306. The molecule has 0 saturated carbocycles. The van der Waals surface area contributed by atoms with Crippen LogP contribution in [0.2, 0.25) is 0 Å². The summed E-state index contributed by atoms with van der Waals surface area (Å²) in [6.07, 6.45) is 1.46. The highest BCUT2D eigenvalue weighted by Gasteiger charge is 2.32. The number of methoxy groups -OCH3 is 1. The number of rotatable bonds is 5. The van der Waals surface area contributed by atoms with Crippen molar-refractivity contribution in [3.63, 3.8) is 0 Å². The van der Waals surface area contributed by atoms with E-state index < -0.39 is 10.0 Å². The van der Waals surface area contributed by atoms with E-state index in [0.29, 0.717) is 18.7 Å². The summed E-state index contributed by atoms with van der Waals surface area (Å²) in [5.41, 5.74) is 1.65. The van der Waals surface area contributed by atoms with Gasteiger partial charge >= 0.3 is 0 Å². The van der Waals surface area contributed by atoms with Crippen LogP contribution in [0, 0.1) is 0 Å². The van der Waals surface area contributed by atoms with Crippen LogP contribution in [-0.2, 0) is 27.8 Å². The molecule has 1 heterocycles. The predicted octanol–water partition coefficient (Wildman–Crippen LogP) is 1.15. The van der Waals surface area contributed by atoms with Gasteiger partial charge in [0.25, 0.3) is 0 Å². The average Bonchev–Trinajstić information content (AvgIpc) is 2.96. The Morgan fingerprint density at radius 2 is 2.15 bits per heavy atom. The van der Waals surface area contributed by atoms with Gasteiger partial charge < -0.3 is 9.84 Å². The second-order valence-corrected chi connectivity index (χ2v) is 6.89. The monoisotopic (exact) mass is 299 g/mol. The lowest BCUT2D eigenvalue weighted by Crippen LogP contribution is -2.30. The number of benzene rings is 1. The molecule has 1 fully saturated rings. The van der Waals surface area contributed by atoms with E-state index in [1.54, 1.807) is 25.3 Å². The third-order valence-electron chi connectivity index (χ3n) is 3.81. The van der Waals surface area contributed by atoms with Gasteiger partial charge in [-0.1, -0.05) is 13.0 Å². The van der Waals surface area contributed by atoms with Crippen LogP contribution >= 0.6 is 0 Å². The van der Waals surface area contributed by atoms with Crippen LogP contribution in [0.1, 0.15) is 24.5 Å². The second kappa shape index (κ2) is 6.22. The molecule has 112 valence electrons. The Bertz CT molecular complexity index is 571. The van der Waals surface area contributed by atoms with E-state index in [2.05, 4.69) is 0 Å². The molecular weight excluding hydrogens is 278 g/mol. The lowest BCUT2D eigenvalue weighted by molar-refractivity contribution is 0.115. The van der Waals surface area contributed by atoms with E-state index >= 15 is 0 Å². The molecule has 0 radical (unpaired) electrons. The van der Waals surface area contributed by atoms with E-state index in [4.69, 9.17) is 4.74 Å². The van der Waals surface area contributed by atoms with Crippen LogP contribution in [0.25, 0.3) is 0 Å². The summed E-state index contributed by atoms with van der Waals surface area (Å²) in [6, 6.07) is 4.98. The number of hydrogen-bond donors (Lipinski definition) is 1. The third-order valence-corrected chi connectivity index (χ3v) is 5.67. The van der Waals surface area contributed by atoms with Crippen LogP contribution in [0.3, 0.4) is 0 Å². The summed E-state index contributed by atoms with van der Waals surface area (Å²) in [5.74, 6) is 0. The zero-order valence-corrected chi connectivity index (χ0v) is 12.7. The first kappa shape index (κ1) is 15.4. The molecule has 1 aliphatic heterocycles. The van der Waals surface area contributed by atoms with Crippen LogP contribution in [0.15, 0.2) is 23.1 Å². The topological polar surface area (TPSA) is 66.8 Å². The highest BCUT2D eigenvalue weighted by Crippen LogP contribution is 2.24. The van der Waals surface area contributed by atoms with Gasteiger partial charge in [0.15, 0.2) is 0 Å². The first-order valence-corrected chi connectivity index (χ1v) is 8.22. The van der Waals surface area contributed by atoms with Gasteiger partial charge in [0, 0.05) is 20.2 Å². The molecule has 2 rings (SSSR count). The maximum Gasteiger partial charge on any atom is 0.243 e. The van der Waals surface area contributed by atoms with Gasteiger partial charge in [-0.2, -0.15) is 4.31 Å². The van der Waals surface area contributed by atoms with Crippen molar-refractivity contribution in [2.45, 2.75) is 37.4 Å². The van der Waals surface area contributed by atoms with Gasteiger partial charge in [0.2, 0.25) is 10.0 Å². The van der Waals surface area contributed by atoms with Gasteiger partial charge in [0.1, 0.15) is 0 Å².